The number of anilines is 2. The first-order chi connectivity index (χ1) is 11.8. The van der Waals surface area contributed by atoms with Crippen molar-refractivity contribution < 1.29 is 4.79 Å². The van der Waals surface area contributed by atoms with Gasteiger partial charge < -0.3 is 10.6 Å². The summed E-state index contributed by atoms with van der Waals surface area (Å²) in [6.45, 7) is 5.54. The normalized spacial score (nSPS) is 13.1. The quantitative estimate of drug-likeness (QED) is 0.628. The van der Waals surface area contributed by atoms with E-state index in [4.69, 9.17) is 0 Å². The molecule has 0 fully saturated rings. The van der Waals surface area contributed by atoms with Gasteiger partial charge in [0.05, 0.1) is 11.8 Å². The van der Waals surface area contributed by atoms with E-state index >= 15 is 0 Å². The molecular weight excluding hydrogens is 422 g/mol. The van der Waals surface area contributed by atoms with E-state index in [1.165, 1.54) is 23.1 Å². The van der Waals surface area contributed by atoms with Crippen LogP contribution in [0.25, 0.3) is 0 Å². The van der Waals surface area contributed by atoms with Gasteiger partial charge in [0, 0.05) is 10.2 Å². The number of carbonyl (C=O) groups is 1. The third-order valence-electron chi connectivity index (χ3n) is 3.60. The summed E-state index contributed by atoms with van der Waals surface area (Å²) in [6, 6.07) is 9.90. The van der Waals surface area contributed by atoms with Crippen molar-refractivity contribution in [2.24, 2.45) is 5.92 Å². The fourth-order valence-corrected chi connectivity index (χ4v) is 3.73. The predicted octanol–water partition coefficient (Wildman–Crippen LogP) is 4.19. The van der Waals surface area contributed by atoms with Gasteiger partial charge in [-0.1, -0.05) is 58.9 Å². The van der Waals surface area contributed by atoms with Gasteiger partial charge in [0.2, 0.25) is 11.0 Å². The van der Waals surface area contributed by atoms with Gasteiger partial charge in [-0.05, 0) is 31.0 Å². The summed E-state index contributed by atoms with van der Waals surface area (Å²) in [5.74, 6) is 0.0172. The van der Waals surface area contributed by atoms with Gasteiger partial charge in [-0.25, -0.2) is 0 Å². The maximum Gasteiger partial charge on any atom is 0.231 e. The Kier molecular flexibility index (Phi) is 6.81. The van der Waals surface area contributed by atoms with Crippen LogP contribution in [0, 0.1) is 17.2 Å². The molecule has 0 aliphatic heterocycles. The number of benzene rings is 1. The number of nitriles is 1. The van der Waals surface area contributed by atoms with Crippen molar-refractivity contribution in [3.05, 3.63) is 28.7 Å². The van der Waals surface area contributed by atoms with E-state index in [-0.39, 0.29) is 17.6 Å². The number of halogens is 1. The summed E-state index contributed by atoms with van der Waals surface area (Å²) >= 11 is 6.09. The van der Waals surface area contributed by atoms with E-state index < -0.39 is 5.54 Å². The Morgan fingerprint density at radius 2 is 2.24 bits per heavy atom. The molecule has 0 saturated carbocycles. The SMILES string of the molecule is CC(C)C(C)(C#N)NC(=O)CSc1nnc(Nc2cccc(Br)c2)s1. The van der Waals surface area contributed by atoms with Crippen LogP contribution in [0.5, 0.6) is 0 Å². The highest BCUT2D eigenvalue weighted by atomic mass is 79.9. The van der Waals surface area contributed by atoms with E-state index in [0.29, 0.717) is 9.47 Å². The molecule has 1 atom stereocenters. The summed E-state index contributed by atoms with van der Waals surface area (Å²) in [5, 5.41) is 24.0. The number of rotatable bonds is 7. The highest BCUT2D eigenvalue weighted by Gasteiger charge is 2.29. The van der Waals surface area contributed by atoms with Crippen LogP contribution in [0.1, 0.15) is 20.8 Å². The molecule has 1 heterocycles. The minimum Gasteiger partial charge on any atom is -0.337 e. The molecule has 2 N–H and O–H groups in total. The Balaban J connectivity index is 1.89. The molecule has 1 unspecified atom stereocenters. The molecule has 0 spiro atoms. The van der Waals surface area contributed by atoms with Crippen LogP contribution in [0.3, 0.4) is 0 Å². The molecule has 1 aromatic heterocycles. The van der Waals surface area contributed by atoms with Gasteiger partial charge in [-0.15, -0.1) is 10.2 Å². The third-order valence-corrected chi connectivity index (χ3v) is 6.06. The lowest BCUT2D eigenvalue weighted by Gasteiger charge is -2.27. The van der Waals surface area contributed by atoms with Crippen molar-refractivity contribution in [1.82, 2.24) is 15.5 Å². The minimum atomic E-state index is -0.869. The number of hydrogen-bond acceptors (Lipinski definition) is 7. The molecule has 132 valence electrons. The van der Waals surface area contributed by atoms with Gasteiger partial charge in [-0.2, -0.15) is 5.26 Å². The zero-order valence-electron chi connectivity index (χ0n) is 14.0. The second-order valence-electron chi connectivity index (χ2n) is 5.81. The molecule has 2 rings (SSSR count). The summed E-state index contributed by atoms with van der Waals surface area (Å²) in [7, 11) is 0. The van der Waals surface area contributed by atoms with Crippen LogP contribution in [0.4, 0.5) is 10.8 Å². The molecule has 1 aromatic carbocycles. The van der Waals surface area contributed by atoms with Crippen molar-refractivity contribution in [3.8, 4) is 6.07 Å². The van der Waals surface area contributed by atoms with Gasteiger partial charge in [0.1, 0.15) is 5.54 Å². The largest absolute Gasteiger partial charge is 0.337 e. The van der Waals surface area contributed by atoms with Crippen molar-refractivity contribution in [2.75, 3.05) is 11.1 Å². The summed E-state index contributed by atoms with van der Waals surface area (Å²) < 4.78 is 1.66. The third kappa shape index (κ3) is 5.70. The smallest absolute Gasteiger partial charge is 0.231 e. The number of aromatic nitrogens is 2. The van der Waals surface area contributed by atoms with E-state index in [1.54, 1.807) is 6.92 Å². The summed E-state index contributed by atoms with van der Waals surface area (Å²) in [5.41, 5.74) is 0.0353. The number of amides is 1. The first kappa shape index (κ1) is 19.7. The van der Waals surface area contributed by atoms with Crippen molar-refractivity contribution in [3.63, 3.8) is 0 Å². The highest BCUT2D eigenvalue weighted by molar-refractivity contribution is 9.10. The van der Waals surface area contributed by atoms with Crippen molar-refractivity contribution in [2.45, 2.75) is 30.6 Å². The number of thioether (sulfide) groups is 1. The molecule has 0 aliphatic rings. The van der Waals surface area contributed by atoms with Crippen LogP contribution in [-0.4, -0.2) is 27.4 Å². The maximum absolute atomic E-state index is 12.1. The average Bonchev–Trinajstić information content (AvgIpc) is 3.00. The fourth-order valence-electron chi connectivity index (χ4n) is 1.76. The van der Waals surface area contributed by atoms with Gasteiger partial charge in [-0.3, -0.25) is 4.79 Å². The number of nitrogens with zero attached hydrogens (tertiary/aromatic N) is 3. The van der Waals surface area contributed by atoms with Crippen molar-refractivity contribution >= 4 is 55.8 Å². The van der Waals surface area contributed by atoms with E-state index in [2.05, 4.69) is 42.8 Å². The molecule has 6 nitrogen and oxygen atoms in total. The van der Waals surface area contributed by atoms with Crippen LogP contribution < -0.4 is 10.6 Å². The lowest BCUT2D eigenvalue weighted by atomic mass is 9.90. The molecule has 2 aromatic rings. The zero-order chi connectivity index (χ0) is 18.4. The molecular formula is C16H18BrN5OS2. The molecule has 25 heavy (non-hydrogen) atoms. The Bertz CT molecular complexity index is 789. The first-order valence-electron chi connectivity index (χ1n) is 7.53. The second-order valence-corrected chi connectivity index (χ2v) is 8.93. The monoisotopic (exact) mass is 439 g/mol. The summed E-state index contributed by atoms with van der Waals surface area (Å²) in [4.78, 5) is 12.1. The topological polar surface area (TPSA) is 90.7 Å². The Labute approximate surface area is 163 Å². The van der Waals surface area contributed by atoms with Crippen LogP contribution in [0.15, 0.2) is 33.1 Å². The maximum atomic E-state index is 12.1. The first-order valence-corrected chi connectivity index (χ1v) is 10.1. The van der Waals surface area contributed by atoms with Crippen molar-refractivity contribution in [1.29, 1.82) is 5.26 Å². The molecule has 0 bridgehead atoms. The summed E-state index contributed by atoms with van der Waals surface area (Å²) in [6.07, 6.45) is 0. The second kappa shape index (κ2) is 8.65. The van der Waals surface area contributed by atoms with E-state index in [0.717, 1.165) is 10.2 Å². The molecule has 1 amide bonds. The van der Waals surface area contributed by atoms with E-state index in [1.807, 2.05) is 38.1 Å². The van der Waals surface area contributed by atoms with Crippen LogP contribution >= 0.6 is 39.0 Å². The molecule has 0 aliphatic carbocycles. The number of carbonyl (C=O) groups excluding carboxylic acids is 1. The lowest BCUT2D eigenvalue weighted by Crippen LogP contribution is -2.49. The predicted molar refractivity (Wildman–Crippen MR) is 105 cm³/mol. The minimum absolute atomic E-state index is 0.0222. The lowest BCUT2D eigenvalue weighted by molar-refractivity contribution is -0.120. The fraction of sp³-hybridized carbons (Fsp3) is 0.375. The standard InChI is InChI=1S/C16H18BrN5OS2/c1-10(2)16(3,9-18)20-13(23)8-24-15-22-21-14(25-15)19-12-6-4-5-11(17)7-12/h4-7,10H,8H2,1-3H3,(H,19,21)(H,20,23). The molecule has 9 heteroatoms. The zero-order valence-corrected chi connectivity index (χ0v) is 17.3. The molecule has 0 saturated heterocycles. The van der Waals surface area contributed by atoms with Gasteiger partial charge >= 0.3 is 0 Å². The van der Waals surface area contributed by atoms with Crippen LogP contribution in [0.2, 0.25) is 0 Å². The van der Waals surface area contributed by atoms with Gasteiger partial charge in [0.15, 0.2) is 4.34 Å². The Morgan fingerprint density at radius 1 is 1.48 bits per heavy atom. The van der Waals surface area contributed by atoms with Gasteiger partial charge in [0.25, 0.3) is 0 Å². The molecule has 0 radical (unpaired) electrons. The Hall–Kier alpha value is -1.63. The number of hydrogen-bond donors (Lipinski definition) is 2. The van der Waals surface area contributed by atoms with E-state index in [9.17, 15) is 10.1 Å². The van der Waals surface area contributed by atoms with Crippen LogP contribution in [-0.2, 0) is 4.79 Å². The number of nitrogens with one attached hydrogen (secondary N) is 2. The Morgan fingerprint density at radius 3 is 2.88 bits per heavy atom. The highest BCUT2D eigenvalue weighted by Crippen LogP contribution is 2.28. The average molecular weight is 440 g/mol.